The smallest absolute Gasteiger partial charge is 0.0681 e. The van der Waals surface area contributed by atoms with Crippen LogP contribution in [0.2, 0.25) is 0 Å². The average Bonchev–Trinajstić information content (AvgIpc) is 2.67. The van der Waals surface area contributed by atoms with Crippen LogP contribution < -0.4 is 0 Å². The van der Waals surface area contributed by atoms with Crippen LogP contribution in [0.3, 0.4) is 0 Å². The molecule has 2 heteroatoms. The molecule has 0 amide bonds. The van der Waals surface area contributed by atoms with E-state index in [9.17, 15) is 0 Å². The Bertz CT molecular complexity index is 708. The zero-order valence-corrected chi connectivity index (χ0v) is 10.5. The van der Waals surface area contributed by atoms with Gasteiger partial charge in [-0.1, -0.05) is 19.1 Å². The fourth-order valence-corrected chi connectivity index (χ4v) is 2.42. The van der Waals surface area contributed by atoms with Crippen LogP contribution in [0, 0.1) is 13.8 Å². The predicted octanol–water partition coefficient (Wildman–Crippen LogP) is 3.90. The van der Waals surface area contributed by atoms with Gasteiger partial charge in [0.05, 0.1) is 11.2 Å². The van der Waals surface area contributed by atoms with Gasteiger partial charge in [0.25, 0.3) is 0 Å². The van der Waals surface area contributed by atoms with Crippen molar-refractivity contribution in [2.75, 3.05) is 0 Å². The summed E-state index contributed by atoms with van der Waals surface area (Å²) in [5.41, 5.74) is 5.91. The summed E-state index contributed by atoms with van der Waals surface area (Å²) < 4.78 is 0. The molecular weight excluding hydrogens is 208 g/mol. The Balaban J connectivity index is 2.47. The largest absolute Gasteiger partial charge is 0.353 e. The monoisotopic (exact) mass is 224 g/mol. The minimum absolute atomic E-state index is 0.981. The highest BCUT2D eigenvalue weighted by atomic mass is 14.8. The molecule has 0 fully saturated rings. The third kappa shape index (κ3) is 1.52. The second-order valence-electron chi connectivity index (χ2n) is 4.65. The zero-order chi connectivity index (χ0) is 12.0. The summed E-state index contributed by atoms with van der Waals surface area (Å²) in [4.78, 5) is 8.08. The number of aryl methyl sites for hydroxylation is 3. The van der Waals surface area contributed by atoms with Gasteiger partial charge in [0.2, 0.25) is 0 Å². The van der Waals surface area contributed by atoms with Gasteiger partial charge < -0.3 is 4.98 Å². The van der Waals surface area contributed by atoms with E-state index in [1.54, 1.807) is 0 Å². The summed E-state index contributed by atoms with van der Waals surface area (Å²) in [6.45, 7) is 6.34. The van der Waals surface area contributed by atoms with Crippen LogP contribution in [0.1, 0.15) is 23.9 Å². The first-order valence-electron chi connectivity index (χ1n) is 6.07. The average molecular weight is 224 g/mol. The molecule has 17 heavy (non-hydrogen) atoms. The number of pyridine rings is 1. The number of hydrogen-bond acceptors (Lipinski definition) is 1. The maximum atomic E-state index is 4.61. The number of rotatable bonds is 1. The molecule has 0 atom stereocenters. The van der Waals surface area contributed by atoms with E-state index in [2.05, 4.69) is 55.0 Å². The van der Waals surface area contributed by atoms with E-state index >= 15 is 0 Å². The Morgan fingerprint density at radius 3 is 2.71 bits per heavy atom. The second kappa shape index (κ2) is 3.59. The highest BCUT2D eigenvalue weighted by Gasteiger charge is 2.08. The minimum Gasteiger partial charge on any atom is -0.353 e. The Morgan fingerprint density at radius 1 is 1.12 bits per heavy atom. The molecule has 0 aliphatic carbocycles. The Kier molecular flexibility index (Phi) is 2.18. The van der Waals surface area contributed by atoms with Gasteiger partial charge in [0.1, 0.15) is 0 Å². The maximum Gasteiger partial charge on any atom is 0.0681 e. The van der Waals surface area contributed by atoms with Crippen LogP contribution in [0.25, 0.3) is 21.8 Å². The Labute approximate surface area is 101 Å². The van der Waals surface area contributed by atoms with Gasteiger partial charge in [-0.3, -0.25) is 4.98 Å². The first-order chi connectivity index (χ1) is 8.19. The zero-order valence-electron chi connectivity index (χ0n) is 10.5. The fourth-order valence-electron chi connectivity index (χ4n) is 2.42. The third-order valence-electron chi connectivity index (χ3n) is 3.34. The minimum atomic E-state index is 0.981. The predicted molar refractivity (Wildman–Crippen MR) is 72.5 cm³/mol. The Hall–Kier alpha value is -1.83. The molecular formula is C15H16N2. The van der Waals surface area contributed by atoms with Gasteiger partial charge in [0, 0.05) is 22.0 Å². The summed E-state index contributed by atoms with van der Waals surface area (Å²) in [7, 11) is 0. The van der Waals surface area contributed by atoms with Crippen LogP contribution in [0.4, 0.5) is 0 Å². The van der Waals surface area contributed by atoms with Gasteiger partial charge in [-0.15, -0.1) is 0 Å². The number of hydrogen-bond donors (Lipinski definition) is 1. The van der Waals surface area contributed by atoms with Crippen molar-refractivity contribution in [1.82, 2.24) is 9.97 Å². The summed E-state index contributed by atoms with van der Waals surface area (Å²) in [6.07, 6.45) is 0.981. The summed E-state index contributed by atoms with van der Waals surface area (Å²) in [5, 5.41) is 2.59. The fraction of sp³-hybridized carbons (Fsp3) is 0.267. The molecule has 0 aliphatic heterocycles. The number of fused-ring (bicyclic) bond motifs is 3. The van der Waals surface area contributed by atoms with Gasteiger partial charge in [-0.2, -0.15) is 0 Å². The molecule has 0 spiro atoms. The van der Waals surface area contributed by atoms with Crippen molar-refractivity contribution in [3.05, 3.63) is 41.2 Å². The molecule has 2 nitrogen and oxygen atoms in total. The van der Waals surface area contributed by atoms with Gasteiger partial charge in [-0.05, 0) is 38.0 Å². The standard InChI is InChI=1S/C15H16N2/c1-4-11-8-13-12-6-5-9(2)7-14(12)17-15(13)10(3)16-11/h5-8,17H,4H2,1-3H3. The molecule has 0 radical (unpaired) electrons. The number of benzene rings is 1. The van der Waals surface area contributed by atoms with Gasteiger partial charge >= 0.3 is 0 Å². The normalized spacial score (nSPS) is 11.5. The van der Waals surface area contributed by atoms with E-state index in [0.717, 1.165) is 17.8 Å². The van der Waals surface area contributed by atoms with E-state index in [0.29, 0.717) is 0 Å². The molecule has 0 unspecified atom stereocenters. The SMILES string of the molecule is CCc1cc2c([nH]c3cc(C)ccc32)c(C)n1. The summed E-state index contributed by atoms with van der Waals surface area (Å²) in [5.74, 6) is 0. The topological polar surface area (TPSA) is 28.7 Å². The number of nitrogens with zero attached hydrogens (tertiary/aromatic N) is 1. The molecule has 0 bridgehead atoms. The lowest BCUT2D eigenvalue weighted by Crippen LogP contribution is -1.90. The maximum absolute atomic E-state index is 4.61. The van der Waals surface area contributed by atoms with E-state index in [1.807, 2.05) is 0 Å². The van der Waals surface area contributed by atoms with Crippen LogP contribution >= 0.6 is 0 Å². The molecule has 0 aliphatic rings. The lowest BCUT2D eigenvalue weighted by molar-refractivity contribution is 1.02. The highest BCUT2D eigenvalue weighted by Crippen LogP contribution is 2.28. The van der Waals surface area contributed by atoms with Crippen molar-refractivity contribution < 1.29 is 0 Å². The van der Waals surface area contributed by atoms with Crippen LogP contribution in [-0.2, 0) is 6.42 Å². The molecule has 1 aromatic carbocycles. The molecule has 0 saturated heterocycles. The van der Waals surface area contributed by atoms with E-state index in [4.69, 9.17) is 0 Å². The molecule has 2 heterocycles. The molecule has 0 saturated carbocycles. The van der Waals surface area contributed by atoms with Crippen molar-refractivity contribution >= 4 is 21.8 Å². The van der Waals surface area contributed by atoms with E-state index in [1.165, 1.54) is 27.4 Å². The molecule has 3 rings (SSSR count). The molecule has 1 N–H and O–H groups in total. The molecule has 86 valence electrons. The van der Waals surface area contributed by atoms with Crippen molar-refractivity contribution in [2.45, 2.75) is 27.2 Å². The first-order valence-corrected chi connectivity index (χ1v) is 6.07. The Morgan fingerprint density at radius 2 is 1.94 bits per heavy atom. The van der Waals surface area contributed by atoms with Crippen LogP contribution in [0.15, 0.2) is 24.3 Å². The summed E-state index contributed by atoms with van der Waals surface area (Å²) >= 11 is 0. The third-order valence-corrected chi connectivity index (χ3v) is 3.34. The number of H-pyrrole nitrogens is 1. The van der Waals surface area contributed by atoms with Gasteiger partial charge in [0.15, 0.2) is 0 Å². The van der Waals surface area contributed by atoms with E-state index in [-0.39, 0.29) is 0 Å². The first kappa shape index (κ1) is 10.3. The van der Waals surface area contributed by atoms with Crippen molar-refractivity contribution in [3.8, 4) is 0 Å². The van der Waals surface area contributed by atoms with Crippen LogP contribution in [0.5, 0.6) is 0 Å². The lowest BCUT2D eigenvalue weighted by atomic mass is 10.1. The molecule has 3 aromatic rings. The van der Waals surface area contributed by atoms with Crippen molar-refractivity contribution in [2.24, 2.45) is 0 Å². The van der Waals surface area contributed by atoms with E-state index < -0.39 is 0 Å². The number of aromatic nitrogens is 2. The second-order valence-corrected chi connectivity index (χ2v) is 4.65. The quantitative estimate of drug-likeness (QED) is 0.667. The van der Waals surface area contributed by atoms with Crippen molar-refractivity contribution in [3.63, 3.8) is 0 Å². The number of aromatic amines is 1. The van der Waals surface area contributed by atoms with Gasteiger partial charge in [-0.25, -0.2) is 0 Å². The number of nitrogens with one attached hydrogen (secondary N) is 1. The lowest BCUT2D eigenvalue weighted by Gasteiger charge is -2.00. The molecule has 2 aromatic heterocycles. The highest BCUT2D eigenvalue weighted by molar-refractivity contribution is 6.08. The van der Waals surface area contributed by atoms with Crippen LogP contribution in [-0.4, -0.2) is 9.97 Å². The van der Waals surface area contributed by atoms with Crippen molar-refractivity contribution in [1.29, 1.82) is 0 Å². The summed E-state index contributed by atoms with van der Waals surface area (Å²) in [6, 6.07) is 8.76.